The van der Waals surface area contributed by atoms with Crippen molar-refractivity contribution in [1.29, 1.82) is 0 Å². The zero-order chi connectivity index (χ0) is 14.9. The molecule has 2 rings (SSSR count). The van der Waals surface area contributed by atoms with Gasteiger partial charge in [-0.25, -0.2) is 4.39 Å². The number of hydrogen-bond acceptors (Lipinski definition) is 2. The van der Waals surface area contributed by atoms with Gasteiger partial charge in [0.2, 0.25) is 5.91 Å². The summed E-state index contributed by atoms with van der Waals surface area (Å²) in [6, 6.07) is 3.98. The van der Waals surface area contributed by atoms with Gasteiger partial charge in [0.25, 0.3) is 0 Å². The first kappa shape index (κ1) is 15.0. The molecular weight excluding hydrogens is 329 g/mol. The van der Waals surface area contributed by atoms with E-state index < -0.39 is 29.2 Å². The Bertz CT molecular complexity index is 557. The van der Waals surface area contributed by atoms with Crippen LogP contribution in [-0.4, -0.2) is 17.0 Å². The van der Waals surface area contributed by atoms with Crippen molar-refractivity contribution in [3.05, 3.63) is 34.1 Å². The summed E-state index contributed by atoms with van der Waals surface area (Å²) in [7, 11) is 0. The van der Waals surface area contributed by atoms with Crippen molar-refractivity contribution in [3.63, 3.8) is 0 Å². The van der Waals surface area contributed by atoms with Crippen LogP contribution >= 0.6 is 15.9 Å². The fourth-order valence-electron chi connectivity index (χ4n) is 2.33. The van der Waals surface area contributed by atoms with Crippen LogP contribution in [0, 0.1) is 11.2 Å². The lowest BCUT2D eigenvalue weighted by Crippen LogP contribution is -2.51. The number of carbonyl (C=O) groups excluding carboxylic acids is 1. The third-order valence-corrected chi connectivity index (χ3v) is 4.32. The van der Waals surface area contributed by atoms with Gasteiger partial charge in [0.15, 0.2) is 0 Å². The van der Waals surface area contributed by atoms with Crippen molar-refractivity contribution in [3.8, 4) is 0 Å². The first-order chi connectivity index (χ1) is 9.36. The minimum Gasteiger partial charge on any atom is -0.480 e. The second-order valence-electron chi connectivity index (χ2n) is 5.10. The molecule has 1 fully saturated rings. The van der Waals surface area contributed by atoms with E-state index in [0.717, 1.165) is 6.42 Å². The second kappa shape index (κ2) is 5.52. The summed E-state index contributed by atoms with van der Waals surface area (Å²) in [5, 5.41) is 11.8. The highest BCUT2D eigenvalue weighted by Gasteiger charge is 2.51. The highest BCUT2D eigenvalue weighted by Crippen LogP contribution is 2.41. The molecule has 6 heteroatoms. The molecule has 1 aromatic carbocycles. The topological polar surface area (TPSA) is 66.4 Å². The first-order valence-electron chi connectivity index (χ1n) is 6.36. The fraction of sp³-hybridized carbons (Fsp3) is 0.429. The molecule has 0 spiro atoms. The molecule has 20 heavy (non-hydrogen) atoms. The molecule has 0 aromatic heterocycles. The Kier molecular flexibility index (Phi) is 4.13. The maximum Gasteiger partial charge on any atom is 0.319 e. The maximum absolute atomic E-state index is 13.8. The summed E-state index contributed by atoms with van der Waals surface area (Å²) < 4.78 is 14.4. The molecule has 0 saturated heterocycles. The van der Waals surface area contributed by atoms with Crippen molar-refractivity contribution in [2.75, 3.05) is 0 Å². The van der Waals surface area contributed by atoms with Crippen LogP contribution in [0.1, 0.15) is 37.8 Å². The van der Waals surface area contributed by atoms with Crippen molar-refractivity contribution in [2.45, 2.75) is 32.2 Å². The Morgan fingerprint density at radius 3 is 2.55 bits per heavy atom. The Hall–Kier alpha value is -1.43. The predicted molar refractivity (Wildman–Crippen MR) is 74.6 cm³/mol. The monoisotopic (exact) mass is 343 g/mol. The van der Waals surface area contributed by atoms with Gasteiger partial charge in [-0.2, -0.15) is 0 Å². The number of carboxylic acids is 1. The number of aliphatic carboxylic acids is 1. The van der Waals surface area contributed by atoms with Crippen LogP contribution in [0.25, 0.3) is 0 Å². The van der Waals surface area contributed by atoms with E-state index in [2.05, 4.69) is 21.2 Å². The molecule has 1 unspecified atom stereocenters. The lowest BCUT2D eigenvalue weighted by molar-refractivity contribution is -0.162. The van der Waals surface area contributed by atoms with Crippen LogP contribution < -0.4 is 5.32 Å². The van der Waals surface area contributed by atoms with Crippen LogP contribution in [0.4, 0.5) is 4.39 Å². The van der Waals surface area contributed by atoms with Gasteiger partial charge in [0, 0.05) is 10.0 Å². The number of amides is 1. The van der Waals surface area contributed by atoms with E-state index in [-0.39, 0.29) is 0 Å². The lowest BCUT2D eigenvalue weighted by Gasteiger charge is -2.36. The smallest absolute Gasteiger partial charge is 0.319 e. The SMILES string of the molecule is CC(NC(=O)C1(C(=O)O)CCC1)c1ccc(Br)cc1F. The van der Waals surface area contributed by atoms with Gasteiger partial charge in [0.1, 0.15) is 11.2 Å². The zero-order valence-electron chi connectivity index (χ0n) is 11.0. The Morgan fingerprint density at radius 2 is 2.10 bits per heavy atom. The number of nitrogens with one attached hydrogen (secondary N) is 1. The Morgan fingerprint density at radius 1 is 1.45 bits per heavy atom. The van der Waals surface area contributed by atoms with Gasteiger partial charge in [-0.1, -0.05) is 28.4 Å². The number of hydrogen-bond donors (Lipinski definition) is 2. The molecule has 0 heterocycles. The average Bonchev–Trinajstić information content (AvgIpc) is 2.25. The first-order valence-corrected chi connectivity index (χ1v) is 7.15. The number of carboxylic acid groups (broad SMARTS) is 1. The average molecular weight is 344 g/mol. The molecule has 1 aliphatic rings. The molecule has 108 valence electrons. The molecule has 1 aliphatic carbocycles. The summed E-state index contributed by atoms with van der Waals surface area (Å²) in [6.45, 7) is 1.64. The molecule has 1 saturated carbocycles. The lowest BCUT2D eigenvalue weighted by atomic mass is 9.68. The predicted octanol–water partition coefficient (Wildman–Crippen LogP) is 3.02. The third kappa shape index (κ3) is 2.57. The molecule has 0 bridgehead atoms. The Balaban J connectivity index is 2.13. The molecular formula is C14H15BrFNO3. The molecule has 1 amide bonds. The molecule has 0 aliphatic heterocycles. The summed E-state index contributed by atoms with van der Waals surface area (Å²) in [6.07, 6.45) is 1.40. The summed E-state index contributed by atoms with van der Waals surface area (Å²) >= 11 is 3.16. The minimum absolute atomic E-state index is 0.335. The van der Waals surface area contributed by atoms with Crippen molar-refractivity contribution in [2.24, 2.45) is 5.41 Å². The molecule has 4 nitrogen and oxygen atoms in total. The molecule has 1 atom stereocenters. The summed E-state index contributed by atoms with van der Waals surface area (Å²) in [4.78, 5) is 23.4. The number of halogens is 2. The van der Waals surface area contributed by atoms with Gasteiger partial charge >= 0.3 is 5.97 Å². The van der Waals surface area contributed by atoms with Crippen LogP contribution in [0.2, 0.25) is 0 Å². The number of rotatable bonds is 4. The largest absolute Gasteiger partial charge is 0.480 e. The van der Waals surface area contributed by atoms with E-state index in [1.54, 1.807) is 19.1 Å². The fourth-order valence-corrected chi connectivity index (χ4v) is 2.67. The van der Waals surface area contributed by atoms with Gasteiger partial charge in [-0.15, -0.1) is 0 Å². The van der Waals surface area contributed by atoms with E-state index in [4.69, 9.17) is 0 Å². The molecule has 2 N–H and O–H groups in total. The third-order valence-electron chi connectivity index (χ3n) is 3.83. The van der Waals surface area contributed by atoms with E-state index in [9.17, 15) is 19.1 Å². The zero-order valence-corrected chi connectivity index (χ0v) is 12.5. The minimum atomic E-state index is -1.33. The van der Waals surface area contributed by atoms with Crippen LogP contribution in [0.15, 0.2) is 22.7 Å². The van der Waals surface area contributed by atoms with Crippen molar-refractivity contribution >= 4 is 27.8 Å². The quantitative estimate of drug-likeness (QED) is 0.825. The summed E-state index contributed by atoms with van der Waals surface area (Å²) in [5.74, 6) is -2.08. The van der Waals surface area contributed by atoms with Crippen molar-refractivity contribution in [1.82, 2.24) is 5.32 Å². The molecule has 1 aromatic rings. The number of carbonyl (C=O) groups is 2. The van der Waals surface area contributed by atoms with Gasteiger partial charge < -0.3 is 10.4 Å². The normalized spacial score (nSPS) is 17.9. The highest BCUT2D eigenvalue weighted by atomic mass is 79.9. The number of benzene rings is 1. The van der Waals surface area contributed by atoms with Crippen LogP contribution in [-0.2, 0) is 9.59 Å². The van der Waals surface area contributed by atoms with E-state index in [1.165, 1.54) is 6.07 Å². The van der Waals surface area contributed by atoms with Gasteiger partial charge in [-0.3, -0.25) is 9.59 Å². The Labute approximate surface area is 124 Å². The summed E-state index contributed by atoms with van der Waals surface area (Å²) in [5.41, 5.74) is -0.999. The van der Waals surface area contributed by atoms with E-state index >= 15 is 0 Å². The van der Waals surface area contributed by atoms with Gasteiger partial charge in [-0.05, 0) is 31.9 Å². The second-order valence-corrected chi connectivity index (χ2v) is 6.02. The van der Waals surface area contributed by atoms with E-state index in [1.807, 2.05) is 0 Å². The van der Waals surface area contributed by atoms with Crippen LogP contribution in [0.5, 0.6) is 0 Å². The standard InChI is InChI=1S/C14H15BrFNO3/c1-8(10-4-3-9(15)7-11(10)16)17-12(18)14(13(19)20)5-2-6-14/h3-4,7-8H,2,5-6H2,1H3,(H,17,18)(H,19,20). The molecule has 0 radical (unpaired) electrons. The van der Waals surface area contributed by atoms with Crippen LogP contribution in [0.3, 0.4) is 0 Å². The highest BCUT2D eigenvalue weighted by molar-refractivity contribution is 9.10. The van der Waals surface area contributed by atoms with Crippen molar-refractivity contribution < 1.29 is 19.1 Å². The maximum atomic E-state index is 13.8. The van der Waals surface area contributed by atoms with E-state index in [0.29, 0.717) is 22.9 Å². The van der Waals surface area contributed by atoms with Gasteiger partial charge in [0.05, 0.1) is 6.04 Å².